The van der Waals surface area contributed by atoms with Crippen molar-refractivity contribution < 1.29 is 14.3 Å². The van der Waals surface area contributed by atoms with Gasteiger partial charge in [0.25, 0.3) is 0 Å². The number of pyridine rings is 1. The summed E-state index contributed by atoms with van der Waals surface area (Å²) in [5.74, 6) is 1.84. The van der Waals surface area contributed by atoms with Gasteiger partial charge in [0, 0.05) is 37.3 Å². The number of anilines is 2. The van der Waals surface area contributed by atoms with Crippen molar-refractivity contribution in [3.05, 3.63) is 82.7 Å². The number of aromatic nitrogens is 3. The average Bonchev–Trinajstić information content (AvgIpc) is 2.90. The molecule has 0 spiro atoms. The molecule has 1 aliphatic rings. The van der Waals surface area contributed by atoms with Crippen LogP contribution in [0.1, 0.15) is 27.8 Å². The predicted octanol–water partition coefficient (Wildman–Crippen LogP) is 3.77. The van der Waals surface area contributed by atoms with Crippen molar-refractivity contribution in [1.29, 1.82) is 0 Å². The summed E-state index contributed by atoms with van der Waals surface area (Å²) in [5, 5.41) is 13.7. The van der Waals surface area contributed by atoms with Crippen LogP contribution in [-0.4, -0.2) is 45.7 Å². The van der Waals surface area contributed by atoms with Crippen LogP contribution in [0.25, 0.3) is 10.8 Å². The minimum atomic E-state index is 0.0289. The van der Waals surface area contributed by atoms with Crippen molar-refractivity contribution in [2.45, 2.75) is 33.5 Å². The number of amides is 1. The van der Waals surface area contributed by atoms with E-state index >= 15 is 0 Å². The number of hydrogen-bond donors (Lipinski definition) is 2. The van der Waals surface area contributed by atoms with Crippen molar-refractivity contribution in [3.8, 4) is 5.75 Å². The molecule has 4 aromatic rings. The zero-order valence-electron chi connectivity index (χ0n) is 21.0. The number of nitrogen functional groups attached to an aromatic ring is 1. The molecule has 5 rings (SSSR count). The highest BCUT2D eigenvalue weighted by molar-refractivity contribution is 5.94. The number of hydrogen-bond acceptors (Lipinski definition) is 8. The van der Waals surface area contributed by atoms with E-state index in [1.807, 2.05) is 41.3 Å². The van der Waals surface area contributed by atoms with Crippen molar-refractivity contribution in [2.24, 2.45) is 0 Å². The summed E-state index contributed by atoms with van der Waals surface area (Å²) in [6.45, 7) is 7.14. The average molecular weight is 499 g/mol. The fourth-order valence-corrected chi connectivity index (χ4v) is 4.54. The molecular formula is C28H30N6O3. The topological polar surface area (TPSA) is 115 Å². The van der Waals surface area contributed by atoms with Crippen LogP contribution in [0.4, 0.5) is 11.6 Å². The summed E-state index contributed by atoms with van der Waals surface area (Å²) in [6, 6.07) is 14.0. The first-order valence-electron chi connectivity index (χ1n) is 12.2. The Labute approximate surface area is 215 Å². The Hall–Kier alpha value is -4.24. The lowest BCUT2D eigenvalue weighted by Gasteiger charge is -2.26. The van der Waals surface area contributed by atoms with Gasteiger partial charge < -0.3 is 25.4 Å². The van der Waals surface area contributed by atoms with Crippen molar-refractivity contribution in [2.75, 3.05) is 30.8 Å². The summed E-state index contributed by atoms with van der Waals surface area (Å²) < 4.78 is 11.2. The molecule has 3 N–H and O–H groups in total. The van der Waals surface area contributed by atoms with E-state index in [0.29, 0.717) is 50.2 Å². The van der Waals surface area contributed by atoms with Crippen molar-refractivity contribution in [3.63, 3.8) is 0 Å². The van der Waals surface area contributed by atoms with Gasteiger partial charge in [-0.15, -0.1) is 5.10 Å². The normalized spacial score (nSPS) is 13.7. The molecule has 0 saturated carbocycles. The van der Waals surface area contributed by atoms with E-state index in [2.05, 4.69) is 40.4 Å². The number of morpholine rings is 1. The van der Waals surface area contributed by atoms with Gasteiger partial charge in [0.1, 0.15) is 24.8 Å². The van der Waals surface area contributed by atoms with Gasteiger partial charge in [-0.3, -0.25) is 4.79 Å². The minimum Gasteiger partial charge on any atom is -0.487 e. The number of carbonyl (C=O) groups excluding carboxylic acids is 1. The van der Waals surface area contributed by atoms with E-state index in [-0.39, 0.29) is 12.5 Å². The van der Waals surface area contributed by atoms with Crippen molar-refractivity contribution >= 4 is 28.3 Å². The second-order valence-corrected chi connectivity index (χ2v) is 9.19. The summed E-state index contributed by atoms with van der Waals surface area (Å²) in [4.78, 5) is 18.0. The molecule has 1 fully saturated rings. The Morgan fingerprint density at radius 1 is 1.11 bits per heavy atom. The Kier molecular flexibility index (Phi) is 7.14. The standard InChI is InChI=1S/C28H30N6O3/c1-18-11-24-23(7-8-30-28(24)29)19(2)25(18)14-31-26-12-22(13-32-33-26)37-16-21-5-3-20(4-6-21)15-34-9-10-36-17-27(34)35/h3-8,11-13H,9-10,14-17H2,1-2H3,(H2,29,30)(H,31,33). The molecule has 0 bridgehead atoms. The summed E-state index contributed by atoms with van der Waals surface area (Å²) in [5.41, 5.74) is 11.7. The van der Waals surface area contributed by atoms with Crippen LogP contribution in [0, 0.1) is 13.8 Å². The lowest BCUT2D eigenvalue weighted by atomic mass is 9.96. The molecular weight excluding hydrogens is 468 g/mol. The smallest absolute Gasteiger partial charge is 0.248 e. The fraction of sp³-hybridized carbons (Fsp3) is 0.286. The number of nitrogens with two attached hydrogens (primary N) is 1. The highest BCUT2D eigenvalue weighted by Gasteiger charge is 2.18. The highest BCUT2D eigenvalue weighted by Crippen LogP contribution is 2.28. The number of fused-ring (bicyclic) bond motifs is 1. The predicted molar refractivity (Wildman–Crippen MR) is 142 cm³/mol. The summed E-state index contributed by atoms with van der Waals surface area (Å²) in [7, 11) is 0. The molecule has 1 saturated heterocycles. The Morgan fingerprint density at radius 2 is 1.92 bits per heavy atom. The van der Waals surface area contributed by atoms with Gasteiger partial charge >= 0.3 is 0 Å². The number of nitrogens with one attached hydrogen (secondary N) is 1. The van der Waals surface area contributed by atoms with Gasteiger partial charge in [0.2, 0.25) is 5.91 Å². The van der Waals surface area contributed by atoms with Crippen LogP contribution >= 0.6 is 0 Å². The van der Waals surface area contributed by atoms with Crippen LogP contribution in [0.5, 0.6) is 5.75 Å². The molecule has 0 radical (unpaired) electrons. The van der Waals surface area contributed by atoms with E-state index in [1.54, 1.807) is 12.4 Å². The van der Waals surface area contributed by atoms with Gasteiger partial charge in [-0.25, -0.2) is 4.98 Å². The molecule has 1 aliphatic heterocycles. The molecule has 9 heteroatoms. The molecule has 0 atom stereocenters. The molecule has 0 aliphatic carbocycles. The lowest BCUT2D eigenvalue weighted by molar-refractivity contribution is -0.143. The molecule has 2 aromatic carbocycles. The number of carbonyl (C=O) groups is 1. The SMILES string of the molecule is Cc1cc2c(N)nccc2c(C)c1CNc1cc(OCc2ccc(CN3CCOCC3=O)cc2)cnn1. The van der Waals surface area contributed by atoms with Crippen LogP contribution in [0.2, 0.25) is 0 Å². The number of rotatable bonds is 8. The second kappa shape index (κ2) is 10.8. The van der Waals surface area contributed by atoms with Crippen LogP contribution in [0.3, 0.4) is 0 Å². The maximum Gasteiger partial charge on any atom is 0.248 e. The molecule has 2 aromatic heterocycles. The van der Waals surface area contributed by atoms with Gasteiger partial charge in [-0.1, -0.05) is 24.3 Å². The molecule has 3 heterocycles. The summed E-state index contributed by atoms with van der Waals surface area (Å²) in [6.07, 6.45) is 3.34. The minimum absolute atomic E-state index is 0.0289. The van der Waals surface area contributed by atoms with Gasteiger partial charge in [0.15, 0.2) is 5.82 Å². The van der Waals surface area contributed by atoms with E-state index in [1.165, 1.54) is 11.1 Å². The van der Waals surface area contributed by atoms with Gasteiger partial charge in [-0.05, 0) is 59.2 Å². The monoisotopic (exact) mass is 498 g/mol. The van der Waals surface area contributed by atoms with Crippen LogP contribution in [-0.2, 0) is 29.2 Å². The summed E-state index contributed by atoms with van der Waals surface area (Å²) >= 11 is 0. The number of benzene rings is 2. The van der Waals surface area contributed by atoms with Gasteiger partial charge in [0.05, 0.1) is 12.8 Å². The molecule has 1 amide bonds. The zero-order valence-corrected chi connectivity index (χ0v) is 21.0. The number of aryl methyl sites for hydroxylation is 2. The number of nitrogens with zero attached hydrogens (tertiary/aromatic N) is 4. The first kappa shape index (κ1) is 24.5. The van der Waals surface area contributed by atoms with Crippen LogP contribution in [0.15, 0.2) is 54.9 Å². The first-order chi connectivity index (χ1) is 18.0. The molecule has 9 nitrogen and oxygen atoms in total. The maximum absolute atomic E-state index is 11.9. The van der Waals surface area contributed by atoms with E-state index in [4.69, 9.17) is 15.2 Å². The largest absolute Gasteiger partial charge is 0.487 e. The van der Waals surface area contributed by atoms with E-state index < -0.39 is 0 Å². The lowest BCUT2D eigenvalue weighted by Crippen LogP contribution is -2.40. The van der Waals surface area contributed by atoms with E-state index in [9.17, 15) is 4.79 Å². The molecule has 0 unspecified atom stereocenters. The van der Waals surface area contributed by atoms with Crippen molar-refractivity contribution in [1.82, 2.24) is 20.1 Å². The zero-order chi connectivity index (χ0) is 25.8. The quantitative estimate of drug-likeness (QED) is 0.377. The number of ether oxygens (including phenoxy) is 2. The highest BCUT2D eigenvalue weighted by atomic mass is 16.5. The fourth-order valence-electron chi connectivity index (χ4n) is 4.54. The third-order valence-electron chi connectivity index (χ3n) is 6.68. The van der Waals surface area contributed by atoms with E-state index in [0.717, 1.165) is 27.5 Å². The first-order valence-corrected chi connectivity index (χ1v) is 12.2. The second-order valence-electron chi connectivity index (χ2n) is 9.19. The Bertz CT molecular complexity index is 1420. The molecule has 37 heavy (non-hydrogen) atoms. The Morgan fingerprint density at radius 3 is 2.73 bits per heavy atom. The van der Waals surface area contributed by atoms with Crippen LogP contribution < -0.4 is 15.8 Å². The van der Waals surface area contributed by atoms with Gasteiger partial charge in [-0.2, -0.15) is 5.10 Å². The third-order valence-corrected chi connectivity index (χ3v) is 6.68. The third kappa shape index (κ3) is 5.62. The maximum atomic E-state index is 11.9. The molecule has 190 valence electrons. The Balaban J connectivity index is 1.19.